The van der Waals surface area contributed by atoms with E-state index in [0.717, 1.165) is 0 Å². The predicted molar refractivity (Wildman–Crippen MR) is 86.5 cm³/mol. The van der Waals surface area contributed by atoms with Crippen LogP contribution in [0.25, 0.3) is 11.0 Å². The average molecular weight is 360 g/mol. The van der Waals surface area contributed by atoms with Gasteiger partial charge < -0.3 is 21.9 Å². The number of carbonyl (C=O) groups is 1. The Hall–Kier alpha value is -3.19. The number of amides is 1. The lowest BCUT2D eigenvalue weighted by Gasteiger charge is -1.99. The standard InChI is InChI=1S/C17H13N3O4.ClH/c21-13-4-5-14-15(8-13)24-11-12(17(14)23)9-18-19-16(22)10-20-6-2-1-3-7-20;/h1-9,11H,10H2,(H-,19,21,22,23);1H/b18-9-;. The molecule has 128 valence electrons. The molecule has 0 saturated heterocycles. The molecule has 3 aromatic rings. The van der Waals surface area contributed by atoms with Crippen LogP contribution in [0.15, 0.2) is 69.4 Å². The van der Waals surface area contributed by atoms with Gasteiger partial charge in [0.2, 0.25) is 12.0 Å². The van der Waals surface area contributed by atoms with Crippen molar-refractivity contribution in [3.05, 3.63) is 70.8 Å². The largest absolute Gasteiger partial charge is 1.00 e. The number of nitrogens with one attached hydrogen (secondary N) is 1. The second-order valence-electron chi connectivity index (χ2n) is 5.04. The molecule has 0 aliphatic carbocycles. The number of rotatable bonds is 4. The molecule has 0 saturated carbocycles. The summed E-state index contributed by atoms with van der Waals surface area (Å²) >= 11 is 0. The van der Waals surface area contributed by atoms with E-state index in [0.29, 0.717) is 5.39 Å². The molecule has 1 aromatic carbocycles. The normalized spacial score (nSPS) is 10.6. The number of hydrogen-bond acceptors (Lipinski definition) is 5. The van der Waals surface area contributed by atoms with E-state index in [1.165, 1.54) is 30.7 Å². The molecule has 0 aliphatic rings. The Morgan fingerprint density at radius 2 is 2.04 bits per heavy atom. The molecule has 2 N–H and O–H groups in total. The van der Waals surface area contributed by atoms with E-state index < -0.39 is 0 Å². The van der Waals surface area contributed by atoms with Crippen molar-refractivity contribution in [3.63, 3.8) is 0 Å². The molecule has 0 fully saturated rings. The smallest absolute Gasteiger partial charge is 0.305 e. The van der Waals surface area contributed by atoms with Crippen LogP contribution in [0.5, 0.6) is 5.75 Å². The molecule has 8 heteroatoms. The Kier molecular flexibility index (Phi) is 5.86. The minimum Gasteiger partial charge on any atom is -1.00 e. The highest BCUT2D eigenvalue weighted by Crippen LogP contribution is 2.17. The summed E-state index contributed by atoms with van der Waals surface area (Å²) in [5.74, 6) is -0.310. The van der Waals surface area contributed by atoms with Crippen LogP contribution >= 0.6 is 0 Å². The number of aromatic nitrogens is 1. The number of pyridine rings is 1. The Morgan fingerprint density at radius 3 is 2.80 bits per heavy atom. The zero-order valence-corrected chi connectivity index (χ0v) is 13.7. The van der Waals surface area contributed by atoms with Gasteiger partial charge in [-0.15, -0.1) is 0 Å². The summed E-state index contributed by atoms with van der Waals surface area (Å²) in [5, 5.41) is 13.5. The molecule has 0 bridgehead atoms. The summed E-state index contributed by atoms with van der Waals surface area (Å²) in [7, 11) is 0. The summed E-state index contributed by atoms with van der Waals surface area (Å²) in [5.41, 5.74) is 2.53. The number of aromatic hydroxyl groups is 1. The maximum atomic E-state index is 12.3. The van der Waals surface area contributed by atoms with Crippen molar-refractivity contribution in [2.75, 3.05) is 0 Å². The first-order valence-corrected chi connectivity index (χ1v) is 7.14. The van der Waals surface area contributed by atoms with Gasteiger partial charge in [0.1, 0.15) is 17.6 Å². The number of fused-ring (bicyclic) bond motifs is 1. The molecule has 0 unspecified atom stereocenters. The molecule has 0 spiro atoms. The molecule has 2 aromatic heterocycles. The van der Waals surface area contributed by atoms with Gasteiger partial charge in [-0.3, -0.25) is 9.59 Å². The fourth-order valence-electron chi connectivity index (χ4n) is 2.14. The molecular formula is C17H14ClN3O4. The lowest BCUT2D eigenvalue weighted by Crippen LogP contribution is -3.00. The third-order valence-electron chi connectivity index (χ3n) is 3.28. The van der Waals surface area contributed by atoms with Crippen LogP contribution in [0.4, 0.5) is 0 Å². The fraction of sp³-hybridized carbons (Fsp3) is 0.0588. The Morgan fingerprint density at radius 1 is 1.28 bits per heavy atom. The van der Waals surface area contributed by atoms with Gasteiger partial charge in [0.15, 0.2) is 12.4 Å². The van der Waals surface area contributed by atoms with Gasteiger partial charge in [-0.2, -0.15) is 9.67 Å². The summed E-state index contributed by atoms with van der Waals surface area (Å²) in [6.07, 6.45) is 5.98. The second-order valence-corrected chi connectivity index (χ2v) is 5.04. The van der Waals surface area contributed by atoms with Gasteiger partial charge in [-0.05, 0) is 12.1 Å². The van der Waals surface area contributed by atoms with Gasteiger partial charge in [-0.25, -0.2) is 5.43 Å². The van der Waals surface area contributed by atoms with E-state index >= 15 is 0 Å². The summed E-state index contributed by atoms with van der Waals surface area (Å²) < 4.78 is 6.99. The highest BCUT2D eigenvalue weighted by atomic mass is 35.5. The average Bonchev–Trinajstić information content (AvgIpc) is 2.58. The van der Waals surface area contributed by atoms with Crippen molar-refractivity contribution >= 4 is 23.1 Å². The van der Waals surface area contributed by atoms with Crippen molar-refractivity contribution in [1.82, 2.24) is 5.43 Å². The highest BCUT2D eigenvalue weighted by molar-refractivity contribution is 5.87. The second kappa shape index (κ2) is 8.07. The van der Waals surface area contributed by atoms with E-state index in [-0.39, 0.29) is 47.2 Å². The van der Waals surface area contributed by atoms with Crippen molar-refractivity contribution in [2.45, 2.75) is 6.54 Å². The Balaban J connectivity index is 0.00000225. The van der Waals surface area contributed by atoms with Gasteiger partial charge in [0.25, 0.3) is 0 Å². The van der Waals surface area contributed by atoms with Gasteiger partial charge in [0.05, 0.1) is 17.2 Å². The molecular weight excluding hydrogens is 346 g/mol. The van der Waals surface area contributed by atoms with Crippen LogP contribution in [-0.4, -0.2) is 17.2 Å². The van der Waals surface area contributed by atoms with E-state index in [1.54, 1.807) is 17.0 Å². The number of nitrogens with zero attached hydrogens (tertiary/aromatic N) is 2. The molecule has 2 heterocycles. The number of phenols is 1. The first kappa shape index (κ1) is 18.2. The van der Waals surface area contributed by atoms with Crippen molar-refractivity contribution in [3.8, 4) is 5.75 Å². The van der Waals surface area contributed by atoms with E-state index in [1.807, 2.05) is 18.2 Å². The van der Waals surface area contributed by atoms with Crippen molar-refractivity contribution < 1.29 is 31.3 Å². The first-order chi connectivity index (χ1) is 11.6. The highest BCUT2D eigenvalue weighted by Gasteiger charge is 2.08. The van der Waals surface area contributed by atoms with Crippen LogP contribution in [0.2, 0.25) is 0 Å². The van der Waals surface area contributed by atoms with E-state index in [9.17, 15) is 14.7 Å². The first-order valence-electron chi connectivity index (χ1n) is 7.14. The van der Waals surface area contributed by atoms with Crippen LogP contribution in [0.3, 0.4) is 0 Å². The summed E-state index contributed by atoms with van der Waals surface area (Å²) in [6.45, 7) is 0.115. The van der Waals surface area contributed by atoms with Crippen molar-refractivity contribution in [1.29, 1.82) is 0 Å². The van der Waals surface area contributed by atoms with Gasteiger partial charge in [-0.1, -0.05) is 6.07 Å². The maximum Gasteiger partial charge on any atom is 0.305 e. The quantitative estimate of drug-likeness (QED) is 0.318. The molecule has 7 nitrogen and oxygen atoms in total. The van der Waals surface area contributed by atoms with Crippen LogP contribution in [-0.2, 0) is 11.3 Å². The van der Waals surface area contributed by atoms with Gasteiger partial charge in [0, 0.05) is 18.2 Å². The number of halogens is 1. The van der Waals surface area contributed by atoms with E-state index in [4.69, 9.17) is 4.42 Å². The molecule has 0 aliphatic heterocycles. The number of hydrazone groups is 1. The minimum atomic E-state index is -0.322. The Bertz CT molecular complexity index is 971. The number of phenolic OH excluding ortho intramolecular Hbond substituents is 1. The maximum absolute atomic E-state index is 12.3. The number of hydrogen-bond donors (Lipinski definition) is 2. The SMILES string of the molecule is O=C(C[n+]1ccccc1)N/N=C\c1coc2cc(O)ccc2c1=O.[Cl-]. The zero-order chi connectivity index (χ0) is 16.9. The van der Waals surface area contributed by atoms with Crippen LogP contribution in [0, 0.1) is 0 Å². The third kappa shape index (κ3) is 4.42. The number of benzene rings is 1. The van der Waals surface area contributed by atoms with Crippen LogP contribution < -0.4 is 27.8 Å². The monoisotopic (exact) mass is 359 g/mol. The fourth-order valence-corrected chi connectivity index (χ4v) is 2.14. The molecule has 1 amide bonds. The summed E-state index contributed by atoms with van der Waals surface area (Å²) in [4.78, 5) is 24.0. The van der Waals surface area contributed by atoms with Crippen molar-refractivity contribution in [2.24, 2.45) is 5.10 Å². The zero-order valence-electron chi connectivity index (χ0n) is 12.9. The summed E-state index contributed by atoms with van der Waals surface area (Å²) in [6, 6.07) is 9.71. The topological polar surface area (TPSA) is 95.8 Å². The van der Waals surface area contributed by atoms with Gasteiger partial charge >= 0.3 is 5.91 Å². The predicted octanol–water partition coefficient (Wildman–Crippen LogP) is -2.06. The third-order valence-corrected chi connectivity index (χ3v) is 3.28. The lowest BCUT2D eigenvalue weighted by molar-refractivity contribution is -0.684. The van der Waals surface area contributed by atoms with Crippen LogP contribution in [0.1, 0.15) is 5.56 Å². The lowest BCUT2D eigenvalue weighted by atomic mass is 10.2. The van der Waals surface area contributed by atoms with E-state index in [2.05, 4.69) is 10.5 Å². The molecule has 0 atom stereocenters. The molecule has 25 heavy (non-hydrogen) atoms. The Labute approximate surface area is 148 Å². The minimum absolute atomic E-state index is 0. The number of carbonyl (C=O) groups excluding carboxylic acids is 1. The molecule has 3 rings (SSSR count). The molecule has 0 radical (unpaired) electrons.